The minimum absolute atomic E-state index is 0.273. The Labute approximate surface area is 215 Å². The number of amides is 1. The molecule has 1 aromatic heterocycles. The van der Waals surface area contributed by atoms with Gasteiger partial charge in [0.25, 0.3) is 0 Å². The van der Waals surface area contributed by atoms with Gasteiger partial charge in [0.05, 0.1) is 25.5 Å². The number of benzene rings is 1. The van der Waals surface area contributed by atoms with E-state index in [1.807, 2.05) is 31.2 Å². The SMILES string of the molecule is CCOc1ccccc1/C=C/C(=O)Nc1sc2c(c1N)CCC(OC(=O)OCCN1CCOCC1)C2. The highest BCUT2D eigenvalue weighted by Gasteiger charge is 2.28. The van der Waals surface area contributed by atoms with Crippen molar-refractivity contribution in [2.24, 2.45) is 0 Å². The van der Waals surface area contributed by atoms with E-state index in [4.69, 9.17) is 24.7 Å². The van der Waals surface area contributed by atoms with Crippen molar-refractivity contribution in [3.8, 4) is 5.75 Å². The lowest BCUT2D eigenvalue weighted by Gasteiger charge is -2.26. The Morgan fingerprint density at radius 3 is 2.89 bits per heavy atom. The van der Waals surface area contributed by atoms with Crippen LogP contribution in [0.15, 0.2) is 30.3 Å². The summed E-state index contributed by atoms with van der Waals surface area (Å²) in [6.45, 7) is 6.53. The summed E-state index contributed by atoms with van der Waals surface area (Å²) in [6.07, 6.45) is 4.16. The van der Waals surface area contributed by atoms with E-state index >= 15 is 0 Å². The predicted molar refractivity (Wildman–Crippen MR) is 140 cm³/mol. The van der Waals surface area contributed by atoms with Crippen molar-refractivity contribution in [2.75, 3.05) is 57.1 Å². The lowest BCUT2D eigenvalue weighted by Crippen LogP contribution is -2.38. The number of nitrogens with two attached hydrogens (primary N) is 1. The molecule has 36 heavy (non-hydrogen) atoms. The van der Waals surface area contributed by atoms with Crippen LogP contribution in [0.3, 0.4) is 0 Å². The number of nitrogens with one attached hydrogen (secondary N) is 1. The van der Waals surface area contributed by atoms with Crippen LogP contribution < -0.4 is 15.8 Å². The van der Waals surface area contributed by atoms with Gasteiger partial charge in [-0.15, -0.1) is 11.3 Å². The third kappa shape index (κ3) is 6.99. The molecule has 1 saturated heterocycles. The number of para-hydroxylation sites is 1. The lowest BCUT2D eigenvalue weighted by molar-refractivity contribution is -0.111. The smallest absolute Gasteiger partial charge is 0.493 e. The summed E-state index contributed by atoms with van der Waals surface area (Å²) < 4.78 is 21.7. The molecule has 2 heterocycles. The van der Waals surface area contributed by atoms with E-state index in [0.717, 1.165) is 34.8 Å². The van der Waals surface area contributed by atoms with E-state index < -0.39 is 6.16 Å². The molecule has 194 valence electrons. The summed E-state index contributed by atoms with van der Waals surface area (Å²) in [4.78, 5) is 27.9. The fourth-order valence-corrected chi connectivity index (χ4v) is 5.49. The summed E-state index contributed by atoms with van der Waals surface area (Å²) in [7, 11) is 0. The van der Waals surface area contributed by atoms with Crippen molar-refractivity contribution in [3.05, 3.63) is 46.3 Å². The van der Waals surface area contributed by atoms with E-state index in [-0.39, 0.29) is 12.0 Å². The number of fused-ring (bicyclic) bond motifs is 1. The summed E-state index contributed by atoms with van der Waals surface area (Å²) in [5.74, 6) is 0.448. The molecular formula is C26H33N3O6S. The molecule has 1 amide bonds. The molecule has 4 rings (SSSR count). The molecule has 2 aliphatic rings. The van der Waals surface area contributed by atoms with Gasteiger partial charge in [0.15, 0.2) is 0 Å². The van der Waals surface area contributed by atoms with Crippen molar-refractivity contribution >= 4 is 40.2 Å². The molecule has 0 spiro atoms. The average Bonchev–Trinajstić information content (AvgIpc) is 3.18. The molecule has 0 bridgehead atoms. The Morgan fingerprint density at radius 1 is 1.28 bits per heavy atom. The normalized spacial score (nSPS) is 18.0. The van der Waals surface area contributed by atoms with Crippen molar-refractivity contribution in [2.45, 2.75) is 32.3 Å². The van der Waals surface area contributed by atoms with Crippen LogP contribution in [0.25, 0.3) is 6.08 Å². The molecule has 1 unspecified atom stereocenters. The van der Waals surface area contributed by atoms with E-state index in [1.54, 1.807) is 6.08 Å². The van der Waals surface area contributed by atoms with E-state index in [2.05, 4.69) is 10.2 Å². The fourth-order valence-electron chi connectivity index (χ4n) is 4.25. The second-order valence-electron chi connectivity index (χ2n) is 8.58. The topological polar surface area (TPSA) is 112 Å². The number of ether oxygens (including phenoxy) is 4. The molecule has 1 aliphatic heterocycles. The molecule has 0 saturated carbocycles. The third-order valence-corrected chi connectivity index (χ3v) is 7.31. The standard InChI is InChI=1S/C26H33N3O6S/c1-2-33-21-6-4-3-5-18(21)7-10-23(30)28-25-24(27)20-9-8-19(17-22(20)36-25)35-26(31)34-16-13-29-11-14-32-15-12-29/h3-7,10,19H,2,8-9,11-17,27H2,1H3,(H,28,30)/b10-7+. The van der Waals surface area contributed by atoms with Gasteiger partial charge in [-0.05, 0) is 37.5 Å². The third-order valence-electron chi connectivity index (χ3n) is 6.12. The molecule has 1 fully saturated rings. The van der Waals surface area contributed by atoms with Crippen LogP contribution in [-0.2, 0) is 31.8 Å². The Hall–Kier alpha value is -3.08. The van der Waals surface area contributed by atoms with Crippen molar-refractivity contribution in [1.29, 1.82) is 0 Å². The summed E-state index contributed by atoms with van der Waals surface area (Å²) in [5, 5.41) is 3.50. The minimum atomic E-state index is -0.646. The number of nitrogen functional groups attached to an aromatic ring is 1. The van der Waals surface area contributed by atoms with Crippen LogP contribution in [0.1, 0.15) is 29.3 Å². The predicted octanol–water partition coefficient (Wildman–Crippen LogP) is 3.72. The van der Waals surface area contributed by atoms with Gasteiger partial charge in [-0.3, -0.25) is 9.69 Å². The maximum absolute atomic E-state index is 12.6. The Bertz CT molecular complexity index is 1080. The van der Waals surface area contributed by atoms with Crippen molar-refractivity contribution < 1.29 is 28.5 Å². The quantitative estimate of drug-likeness (QED) is 0.384. The molecule has 10 heteroatoms. The number of hydrogen-bond acceptors (Lipinski definition) is 9. The van der Waals surface area contributed by atoms with E-state index in [0.29, 0.717) is 62.9 Å². The summed E-state index contributed by atoms with van der Waals surface area (Å²) in [6, 6.07) is 7.54. The van der Waals surface area contributed by atoms with Crippen LogP contribution in [-0.4, -0.2) is 69.1 Å². The number of hydrogen-bond donors (Lipinski definition) is 2. The second-order valence-corrected chi connectivity index (χ2v) is 9.68. The maximum atomic E-state index is 12.6. The van der Waals surface area contributed by atoms with Gasteiger partial charge in [0, 0.05) is 42.6 Å². The van der Waals surface area contributed by atoms with Gasteiger partial charge in [-0.25, -0.2) is 4.79 Å². The first kappa shape index (κ1) is 26.0. The van der Waals surface area contributed by atoms with Crippen LogP contribution in [0, 0.1) is 0 Å². The highest BCUT2D eigenvalue weighted by molar-refractivity contribution is 7.17. The molecule has 2 aromatic rings. The first-order chi connectivity index (χ1) is 17.5. The molecule has 3 N–H and O–H groups in total. The number of carbonyl (C=O) groups excluding carboxylic acids is 2. The van der Waals surface area contributed by atoms with Gasteiger partial charge in [0.2, 0.25) is 5.91 Å². The number of anilines is 2. The molecule has 1 atom stereocenters. The molecule has 9 nitrogen and oxygen atoms in total. The Morgan fingerprint density at radius 2 is 2.08 bits per heavy atom. The van der Waals surface area contributed by atoms with Crippen LogP contribution in [0.4, 0.5) is 15.5 Å². The Kier molecular flexibility index (Phi) is 9.21. The summed E-state index contributed by atoms with van der Waals surface area (Å²) in [5.41, 5.74) is 8.75. The zero-order valence-corrected chi connectivity index (χ0v) is 21.3. The zero-order chi connectivity index (χ0) is 25.3. The number of thiophene rings is 1. The lowest BCUT2D eigenvalue weighted by atomic mass is 9.95. The van der Waals surface area contributed by atoms with Crippen LogP contribution in [0.5, 0.6) is 5.75 Å². The highest BCUT2D eigenvalue weighted by atomic mass is 32.1. The number of rotatable bonds is 9. The molecule has 1 aromatic carbocycles. The molecule has 0 radical (unpaired) electrons. The first-order valence-electron chi connectivity index (χ1n) is 12.3. The molecule has 1 aliphatic carbocycles. The number of carbonyl (C=O) groups is 2. The fraction of sp³-hybridized carbons (Fsp3) is 0.462. The van der Waals surface area contributed by atoms with Crippen LogP contribution >= 0.6 is 11.3 Å². The van der Waals surface area contributed by atoms with Gasteiger partial charge < -0.3 is 30.0 Å². The largest absolute Gasteiger partial charge is 0.508 e. The van der Waals surface area contributed by atoms with Gasteiger partial charge in [-0.2, -0.15) is 0 Å². The van der Waals surface area contributed by atoms with Crippen molar-refractivity contribution in [1.82, 2.24) is 4.90 Å². The molecular weight excluding hydrogens is 482 g/mol. The van der Waals surface area contributed by atoms with Gasteiger partial charge in [-0.1, -0.05) is 18.2 Å². The summed E-state index contributed by atoms with van der Waals surface area (Å²) >= 11 is 1.42. The number of nitrogens with zero attached hydrogens (tertiary/aromatic N) is 1. The monoisotopic (exact) mass is 515 g/mol. The van der Waals surface area contributed by atoms with E-state index in [9.17, 15) is 9.59 Å². The second kappa shape index (κ2) is 12.8. The Balaban J connectivity index is 1.27. The van der Waals surface area contributed by atoms with Gasteiger partial charge in [0.1, 0.15) is 23.5 Å². The van der Waals surface area contributed by atoms with E-state index in [1.165, 1.54) is 17.4 Å². The zero-order valence-electron chi connectivity index (χ0n) is 20.5. The average molecular weight is 516 g/mol. The maximum Gasteiger partial charge on any atom is 0.508 e. The van der Waals surface area contributed by atoms with Crippen LogP contribution in [0.2, 0.25) is 0 Å². The minimum Gasteiger partial charge on any atom is -0.493 e. The van der Waals surface area contributed by atoms with Crippen molar-refractivity contribution in [3.63, 3.8) is 0 Å². The van der Waals surface area contributed by atoms with Gasteiger partial charge >= 0.3 is 6.16 Å². The number of morpholine rings is 1. The first-order valence-corrected chi connectivity index (χ1v) is 13.1. The highest BCUT2D eigenvalue weighted by Crippen LogP contribution is 2.40.